The van der Waals surface area contributed by atoms with Gasteiger partial charge in [-0.3, -0.25) is 14.6 Å². The van der Waals surface area contributed by atoms with E-state index in [1.807, 2.05) is 25.2 Å². The number of aryl methyl sites for hydroxylation is 1. The number of methoxy groups -OCH3 is 1. The molecule has 0 radical (unpaired) electrons. The van der Waals surface area contributed by atoms with Crippen LogP contribution in [0.3, 0.4) is 0 Å². The SMILES string of the molecule is COc1cc(OCc2ccccn2)ccc1C=CC(=O)CC(=O)C=Cc1cncn1C. The van der Waals surface area contributed by atoms with E-state index in [9.17, 15) is 9.59 Å². The third kappa shape index (κ3) is 6.50. The second kappa shape index (κ2) is 10.7. The minimum Gasteiger partial charge on any atom is -0.496 e. The number of nitrogens with zero attached hydrogens (tertiary/aromatic N) is 3. The lowest BCUT2D eigenvalue weighted by Crippen LogP contribution is -2.02. The Morgan fingerprint density at radius 3 is 2.58 bits per heavy atom. The fourth-order valence-corrected chi connectivity index (χ4v) is 2.74. The first kappa shape index (κ1) is 21.7. The number of imidazole rings is 1. The quantitative estimate of drug-likeness (QED) is 0.370. The first-order chi connectivity index (χ1) is 15.0. The van der Waals surface area contributed by atoms with Crippen LogP contribution in [-0.4, -0.2) is 33.2 Å². The van der Waals surface area contributed by atoms with E-state index in [-0.39, 0.29) is 18.0 Å². The zero-order valence-electron chi connectivity index (χ0n) is 17.4. The molecule has 1 aromatic carbocycles. The molecule has 3 aromatic rings. The van der Waals surface area contributed by atoms with Crippen molar-refractivity contribution >= 4 is 23.7 Å². The van der Waals surface area contributed by atoms with Crippen LogP contribution in [0.1, 0.15) is 23.4 Å². The lowest BCUT2D eigenvalue weighted by atomic mass is 10.1. The van der Waals surface area contributed by atoms with Crippen LogP contribution in [0.2, 0.25) is 0 Å². The van der Waals surface area contributed by atoms with Gasteiger partial charge in [0.1, 0.15) is 18.1 Å². The molecule has 0 amide bonds. The second-order valence-electron chi connectivity index (χ2n) is 6.72. The van der Waals surface area contributed by atoms with Gasteiger partial charge >= 0.3 is 0 Å². The van der Waals surface area contributed by atoms with Crippen molar-refractivity contribution in [3.05, 3.63) is 84.2 Å². The highest BCUT2D eigenvalue weighted by Crippen LogP contribution is 2.26. The predicted octanol–water partition coefficient (Wildman–Crippen LogP) is 3.66. The highest BCUT2D eigenvalue weighted by atomic mass is 16.5. The maximum Gasteiger partial charge on any atom is 0.163 e. The highest BCUT2D eigenvalue weighted by molar-refractivity contribution is 6.10. The Bertz CT molecular complexity index is 1100. The number of allylic oxidation sites excluding steroid dienone is 2. The summed E-state index contributed by atoms with van der Waals surface area (Å²) in [5.74, 6) is 0.615. The monoisotopic (exact) mass is 417 g/mol. The van der Waals surface area contributed by atoms with Gasteiger partial charge < -0.3 is 14.0 Å². The molecule has 7 nitrogen and oxygen atoms in total. The third-order valence-electron chi connectivity index (χ3n) is 4.41. The molecule has 0 saturated carbocycles. The van der Waals surface area contributed by atoms with Crippen LogP contribution in [-0.2, 0) is 23.2 Å². The molecule has 2 aromatic heterocycles. The van der Waals surface area contributed by atoms with Crippen LogP contribution in [0.25, 0.3) is 12.2 Å². The van der Waals surface area contributed by atoms with Gasteiger partial charge in [0, 0.05) is 24.9 Å². The Labute approximate surface area is 180 Å². The van der Waals surface area contributed by atoms with Crippen molar-refractivity contribution in [3.63, 3.8) is 0 Å². The lowest BCUT2D eigenvalue weighted by Gasteiger charge is -2.09. The van der Waals surface area contributed by atoms with E-state index >= 15 is 0 Å². The van der Waals surface area contributed by atoms with Gasteiger partial charge in [-0.05, 0) is 48.6 Å². The van der Waals surface area contributed by atoms with Crippen molar-refractivity contribution < 1.29 is 19.1 Å². The molecule has 0 aliphatic heterocycles. The molecular weight excluding hydrogens is 394 g/mol. The topological polar surface area (TPSA) is 83.3 Å². The van der Waals surface area contributed by atoms with Gasteiger partial charge in [-0.25, -0.2) is 4.98 Å². The van der Waals surface area contributed by atoms with Crippen LogP contribution < -0.4 is 9.47 Å². The minimum atomic E-state index is -0.294. The molecule has 0 fully saturated rings. The Morgan fingerprint density at radius 1 is 1.10 bits per heavy atom. The Kier molecular flexibility index (Phi) is 7.48. The van der Waals surface area contributed by atoms with E-state index < -0.39 is 0 Å². The van der Waals surface area contributed by atoms with Gasteiger partial charge in [-0.1, -0.05) is 6.07 Å². The largest absolute Gasteiger partial charge is 0.496 e. The first-order valence-electron chi connectivity index (χ1n) is 9.64. The van der Waals surface area contributed by atoms with E-state index in [4.69, 9.17) is 9.47 Å². The fraction of sp³-hybridized carbons (Fsp3) is 0.167. The van der Waals surface area contributed by atoms with Crippen LogP contribution in [0.4, 0.5) is 0 Å². The Hall–Kier alpha value is -4.00. The van der Waals surface area contributed by atoms with Gasteiger partial charge in [0.2, 0.25) is 0 Å². The third-order valence-corrected chi connectivity index (χ3v) is 4.41. The molecule has 31 heavy (non-hydrogen) atoms. The molecule has 0 N–H and O–H groups in total. The van der Waals surface area contributed by atoms with E-state index in [1.54, 1.807) is 60.7 Å². The van der Waals surface area contributed by atoms with Crippen LogP contribution in [0, 0.1) is 0 Å². The molecule has 0 bridgehead atoms. The van der Waals surface area contributed by atoms with Gasteiger partial charge in [0.15, 0.2) is 11.6 Å². The number of benzene rings is 1. The highest BCUT2D eigenvalue weighted by Gasteiger charge is 2.07. The summed E-state index contributed by atoms with van der Waals surface area (Å²) in [5, 5.41) is 0. The van der Waals surface area contributed by atoms with Gasteiger partial charge in [0.05, 0.1) is 37.4 Å². The lowest BCUT2D eigenvalue weighted by molar-refractivity contribution is -0.121. The molecular formula is C24H23N3O4. The van der Waals surface area contributed by atoms with Crippen LogP contribution in [0.15, 0.2) is 67.3 Å². The van der Waals surface area contributed by atoms with E-state index in [0.717, 1.165) is 11.4 Å². The number of pyridine rings is 1. The number of carbonyl (C=O) groups is 2. The van der Waals surface area contributed by atoms with Gasteiger partial charge in [-0.15, -0.1) is 0 Å². The van der Waals surface area contributed by atoms with E-state index in [0.29, 0.717) is 23.7 Å². The number of carbonyl (C=O) groups excluding carboxylic acids is 2. The van der Waals surface area contributed by atoms with Gasteiger partial charge in [-0.2, -0.15) is 0 Å². The molecule has 0 aliphatic carbocycles. The Balaban J connectivity index is 1.57. The van der Waals surface area contributed by atoms with Crippen molar-refractivity contribution in [3.8, 4) is 11.5 Å². The van der Waals surface area contributed by atoms with Crippen molar-refractivity contribution in [1.82, 2.24) is 14.5 Å². The molecule has 0 atom stereocenters. The second-order valence-corrected chi connectivity index (χ2v) is 6.72. The summed E-state index contributed by atoms with van der Waals surface area (Å²) in [6.45, 7) is 0.339. The van der Waals surface area contributed by atoms with E-state index in [1.165, 1.54) is 12.2 Å². The van der Waals surface area contributed by atoms with Crippen LogP contribution >= 0.6 is 0 Å². The van der Waals surface area contributed by atoms with E-state index in [2.05, 4.69) is 9.97 Å². The predicted molar refractivity (Wildman–Crippen MR) is 117 cm³/mol. The number of aromatic nitrogens is 3. The van der Waals surface area contributed by atoms with Crippen molar-refractivity contribution in [2.24, 2.45) is 7.05 Å². The number of rotatable bonds is 10. The summed E-state index contributed by atoms with van der Waals surface area (Å²) >= 11 is 0. The molecule has 2 heterocycles. The molecule has 7 heteroatoms. The van der Waals surface area contributed by atoms with Crippen LogP contribution in [0.5, 0.6) is 11.5 Å². The average molecular weight is 417 g/mol. The average Bonchev–Trinajstić information content (AvgIpc) is 3.20. The molecule has 0 aliphatic rings. The first-order valence-corrected chi connectivity index (χ1v) is 9.64. The van der Waals surface area contributed by atoms with Gasteiger partial charge in [0.25, 0.3) is 0 Å². The standard InChI is InChI=1S/C24H23N3O4/c1-27-17-25-15-20(27)8-10-22(29)13-21(28)9-6-18-7-11-23(14-24(18)30-2)31-16-19-5-3-4-12-26-19/h3-12,14-15,17H,13,16H2,1-2H3. The Morgan fingerprint density at radius 2 is 1.90 bits per heavy atom. The molecule has 0 unspecified atom stereocenters. The zero-order chi connectivity index (χ0) is 22.1. The number of hydrogen-bond donors (Lipinski definition) is 0. The molecule has 3 rings (SSSR count). The molecule has 158 valence electrons. The fourth-order valence-electron chi connectivity index (χ4n) is 2.74. The summed E-state index contributed by atoms with van der Waals surface area (Å²) in [6.07, 6.45) is 10.8. The molecule has 0 spiro atoms. The normalized spacial score (nSPS) is 11.2. The summed E-state index contributed by atoms with van der Waals surface area (Å²) in [4.78, 5) is 32.3. The molecule has 0 saturated heterocycles. The maximum atomic E-state index is 12.1. The number of ketones is 2. The number of ether oxygens (including phenoxy) is 2. The maximum absolute atomic E-state index is 12.1. The smallest absolute Gasteiger partial charge is 0.163 e. The van der Waals surface area contributed by atoms with Crippen molar-refractivity contribution in [2.75, 3.05) is 7.11 Å². The van der Waals surface area contributed by atoms with Crippen molar-refractivity contribution in [1.29, 1.82) is 0 Å². The summed E-state index contributed by atoms with van der Waals surface area (Å²) in [7, 11) is 3.37. The summed E-state index contributed by atoms with van der Waals surface area (Å²) < 4.78 is 12.9. The summed E-state index contributed by atoms with van der Waals surface area (Å²) in [5.41, 5.74) is 2.31. The number of hydrogen-bond acceptors (Lipinski definition) is 6. The zero-order valence-corrected chi connectivity index (χ0v) is 17.4. The summed E-state index contributed by atoms with van der Waals surface area (Å²) in [6, 6.07) is 11.0. The minimum absolute atomic E-state index is 0.210. The van der Waals surface area contributed by atoms with Crippen molar-refractivity contribution in [2.45, 2.75) is 13.0 Å².